The van der Waals surface area contributed by atoms with Crippen molar-refractivity contribution in [3.63, 3.8) is 0 Å². The van der Waals surface area contributed by atoms with Crippen LogP contribution in [-0.4, -0.2) is 43.6 Å². The molecule has 0 radical (unpaired) electrons. The van der Waals surface area contributed by atoms with E-state index in [4.69, 9.17) is 9.31 Å². The van der Waals surface area contributed by atoms with Crippen LogP contribution in [0.15, 0.2) is 54.6 Å². The molecule has 1 fully saturated rings. The summed E-state index contributed by atoms with van der Waals surface area (Å²) in [6.07, 6.45) is 0.477. The fourth-order valence-corrected chi connectivity index (χ4v) is 2.79. The summed E-state index contributed by atoms with van der Waals surface area (Å²) in [4.78, 5) is 26.5. The van der Waals surface area contributed by atoms with E-state index in [2.05, 4.69) is 0 Å². The molecule has 1 aliphatic rings. The van der Waals surface area contributed by atoms with Crippen LogP contribution in [-0.2, 0) is 25.3 Å². The minimum absolute atomic E-state index is 0.0367. The molecular weight excluding hydrogens is 317 g/mol. The zero-order valence-electron chi connectivity index (χ0n) is 14.3. The van der Waals surface area contributed by atoms with E-state index in [9.17, 15) is 9.59 Å². The summed E-state index contributed by atoms with van der Waals surface area (Å²) in [5.41, 5.74) is 2.82. The van der Waals surface area contributed by atoms with Crippen LogP contribution in [0.2, 0.25) is 0 Å². The number of carbonyl (C=O) groups excluding carboxylic acids is 2. The van der Waals surface area contributed by atoms with E-state index >= 15 is 0 Å². The lowest BCUT2D eigenvalue weighted by atomic mass is 9.78. The minimum Gasteiger partial charge on any atom is -0.494 e. The second kappa shape index (κ2) is 7.53. The molecule has 0 N–H and O–H groups in total. The number of hydrogen-bond donors (Lipinski definition) is 0. The van der Waals surface area contributed by atoms with E-state index in [1.54, 1.807) is 24.1 Å². The third-order valence-electron chi connectivity index (χ3n) is 4.27. The van der Waals surface area contributed by atoms with Gasteiger partial charge in [-0.1, -0.05) is 60.2 Å². The van der Waals surface area contributed by atoms with Crippen molar-refractivity contribution in [3.8, 4) is 0 Å². The molecule has 1 heterocycles. The lowest BCUT2D eigenvalue weighted by molar-refractivity contribution is -0.149. The summed E-state index contributed by atoms with van der Waals surface area (Å²) >= 11 is 0. The van der Waals surface area contributed by atoms with Gasteiger partial charge in [-0.25, -0.2) is 0 Å². The minimum atomic E-state index is -1.00. The Morgan fingerprint density at radius 1 is 1.04 bits per heavy atom. The number of carbonyl (C=O) groups is 2. The van der Waals surface area contributed by atoms with Crippen molar-refractivity contribution in [2.75, 3.05) is 13.6 Å². The topological polar surface area (TPSA) is 55.8 Å². The van der Waals surface area contributed by atoms with Crippen LogP contribution in [0.25, 0.3) is 0 Å². The normalized spacial score (nSPS) is 19.0. The highest BCUT2D eigenvalue weighted by Crippen LogP contribution is 2.14. The van der Waals surface area contributed by atoms with Gasteiger partial charge in [-0.05, 0) is 26.0 Å². The molecule has 0 saturated carbocycles. The second-order valence-corrected chi connectivity index (χ2v) is 6.29. The molecular formula is C19H20BNO4. The largest absolute Gasteiger partial charge is 0.636 e. The quantitative estimate of drug-likeness (QED) is 0.791. The molecule has 5 nitrogen and oxygen atoms in total. The maximum atomic E-state index is 12.7. The Kier molecular flexibility index (Phi) is 5.19. The van der Waals surface area contributed by atoms with Crippen molar-refractivity contribution in [1.29, 1.82) is 0 Å². The van der Waals surface area contributed by atoms with Gasteiger partial charge in [0, 0.05) is 5.46 Å². The Hall–Kier alpha value is -2.60. The Balaban J connectivity index is 1.81. The molecule has 2 aromatic rings. The van der Waals surface area contributed by atoms with E-state index in [1.165, 1.54) is 0 Å². The molecule has 0 amide bonds. The van der Waals surface area contributed by atoms with Gasteiger partial charge in [0.05, 0.1) is 6.54 Å². The highest BCUT2D eigenvalue weighted by Gasteiger charge is 2.38. The number of likely N-dealkylation sites (N-methyl/N-ethyl adjacent to an activating group) is 1. The van der Waals surface area contributed by atoms with E-state index < -0.39 is 25.1 Å². The Morgan fingerprint density at radius 2 is 1.72 bits per heavy atom. The van der Waals surface area contributed by atoms with Gasteiger partial charge in [0.1, 0.15) is 6.04 Å². The van der Waals surface area contributed by atoms with E-state index in [0.29, 0.717) is 11.9 Å². The Bertz CT molecular complexity index is 748. The fraction of sp³-hybridized carbons (Fsp3) is 0.263. The molecule has 0 unspecified atom stereocenters. The van der Waals surface area contributed by atoms with Crippen LogP contribution in [0.4, 0.5) is 0 Å². The van der Waals surface area contributed by atoms with E-state index in [0.717, 1.165) is 11.1 Å². The van der Waals surface area contributed by atoms with Crippen molar-refractivity contribution in [2.24, 2.45) is 0 Å². The van der Waals surface area contributed by atoms with Gasteiger partial charge >= 0.3 is 19.1 Å². The summed E-state index contributed by atoms with van der Waals surface area (Å²) in [5, 5.41) is 0. The van der Waals surface area contributed by atoms with Crippen LogP contribution >= 0.6 is 0 Å². The first-order valence-corrected chi connectivity index (χ1v) is 8.23. The van der Waals surface area contributed by atoms with E-state index in [1.807, 2.05) is 49.4 Å². The third-order valence-corrected chi connectivity index (χ3v) is 4.27. The lowest BCUT2D eigenvalue weighted by Crippen LogP contribution is -2.53. The van der Waals surface area contributed by atoms with Gasteiger partial charge in [0.25, 0.3) is 0 Å². The predicted octanol–water partition coefficient (Wildman–Crippen LogP) is 1.33. The van der Waals surface area contributed by atoms with Crippen molar-refractivity contribution in [2.45, 2.75) is 19.4 Å². The second-order valence-electron chi connectivity index (χ2n) is 6.29. The molecule has 25 heavy (non-hydrogen) atoms. The molecule has 6 heteroatoms. The first-order chi connectivity index (χ1) is 12.0. The predicted molar refractivity (Wildman–Crippen MR) is 95.3 cm³/mol. The standard InChI is InChI=1S/C19H20BNO4/c1-14-8-10-15(11-9-14)12-17-19(23)25-20(16-6-4-3-5-7-16)24-18(22)13-21(17)2/h3-11,17H,12-13H2,1-2H3/t17-/m0/s1. The third kappa shape index (κ3) is 4.28. The molecule has 1 aliphatic heterocycles. The zero-order valence-corrected chi connectivity index (χ0v) is 14.3. The van der Waals surface area contributed by atoms with Gasteiger partial charge in [-0.15, -0.1) is 0 Å². The van der Waals surface area contributed by atoms with Crippen LogP contribution in [0.3, 0.4) is 0 Å². The van der Waals surface area contributed by atoms with Gasteiger partial charge < -0.3 is 9.31 Å². The Labute approximate surface area is 147 Å². The Morgan fingerprint density at radius 3 is 2.40 bits per heavy atom. The van der Waals surface area contributed by atoms with Gasteiger partial charge in [0.15, 0.2) is 0 Å². The number of nitrogens with zero attached hydrogens (tertiary/aromatic N) is 1. The average Bonchev–Trinajstić information content (AvgIpc) is 2.60. The maximum absolute atomic E-state index is 12.7. The van der Waals surface area contributed by atoms with Crippen LogP contribution < -0.4 is 5.46 Å². The highest BCUT2D eigenvalue weighted by atomic mass is 16.6. The van der Waals surface area contributed by atoms with Crippen molar-refractivity contribution < 1.29 is 18.9 Å². The smallest absolute Gasteiger partial charge is 0.494 e. The molecule has 128 valence electrons. The van der Waals surface area contributed by atoms with Crippen LogP contribution in [0.5, 0.6) is 0 Å². The fourth-order valence-electron chi connectivity index (χ4n) is 2.79. The molecule has 0 aliphatic carbocycles. The molecule has 3 rings (SSSR count). The summed E-state index contributed by atoms with van der Waals surface area (Å²) in [7, 11) is 0.722. The summed E-state index contributed by atoms with van der Waals surface area (Å²) in [5.74, 6) is -0.817. The highest BCUT2D eigenvalue weighted by molar-refractivity contribution is 6.64. The van der Waals surface area contributed by atoms with Gasteiger partial charge in [0.2, 0.25) is 0 Å². The molecule has 2 aromatic carbocycles. The lowest BCUT2D eigenvalue weighted by Gasteiger charge is -2.30. The number of hydrogen-bond acceptors (Lipinski definition) is 5. The molecule has 0 bridgehead atoms. The van der Waals surface area contributed by atoms with Crippen LogP contribution in [0, 0.1) is 6.92 Å². The summed E-state index contributed by atoms with van der Waals surface area (Å²) in [6.45, 7) is 2.05. The number of aryl methyl sites for hydroxylation is 1. The van der Waals surface area contributed by atoms with Crippen LogP contribution in [0.1, 0.15) is 11.1 Å². The van der Waals surface area contributed by atoms with Gasteiger partial charge in [-0.3, -0.25) is 14.5 Å². The average molecular weight is 337 g/mol. The molecule has 1 saturated heterocycles. The van der Waals surface area contributed by atoms with Crippen molar-refractivity contribution in [1.82, 2.24) is 4.90 Å². The molecule has 0 spiro atoms. The monoisotopic (exact) mass is 337 g/mol. The first kappa shape index (κ1) is 17.2. The van der Waals surface area contributed by atoms with E-state index in [-0.39, 0.29) is 6.54 Å². The SMILES string of the molecule is Cc1ccc(C[C@H]2C(=O)OB(c3ccccc3)OC(=O)CN2C)cc1. The van der Waals surface area contributed by atoms with Crippen molar-refractivity contribution >= 4 is 24.5 Å². The first-order valence-electron chi connectivity index (χ1n) is 8.23. The maximum Gasteiger partial charge on any atom is 0.636 e. The molecule has 1 atom stereocenters. The molecule has 0 aromatic heterocycles. The summed E-state index contributed by atoms with van der Waals surface area (Å²) in [6, 6.07) is 16.5. The number of benzene rings is 2. The summed E-state index contributed by atoms with van der Waals surface area (Å²) < 4.78 is 10.8. The zero-order chi connectivity index (χ0) is 17.8. The van der Waals surface area contributed by atoms with Crippen molar-refractivity contribution in [3.05, 3.63) is 65.7 Å². The van der Waals surface area contributed by atoms with Gasteiger partial charge in [-0.2, -0.15) is 0 Å². The number of rotatable bonds is 3.